The minimum Gasteiger partial charge on any atom is -0.494 e. The van der Waals surface area contributed by atoms with Gasteiger partial charge in [-0.1, -0.05) is 23.7 Å². The van der Waals surface area contributed by atoms with Crippen LogP contribution in [0.3, 0.4) is 0 Å². The first-order valence-electron chi connectivity index (χ1n) is 14.3. The molecule has 2 aliphatic heterocycles. The number of carbonyl (C=O) groups is 1. The van der Waals surface area contributed by atoms with Crippen LogP contribution in [-0.4, -0.2) is 86.4 Å². The number of nitrogens with zero attached hydrogens (tertiary/aromatic N) is 4. The number of hydrogen-bond acceptors (Lipinski definition) is 10. The Labute approximate surface area is 252 Å². The summed E-state index contributed by atoms with van der Waals surface area (Å²) in [5.74, 6) is 1.19. The second-order valence-electron chi connectivity index (χ2n) is 11.1. The molecule has 2 fully saturated rings. The first-order valence-corrected chi connectivity index (χ1v) is 17.3. The van der Waals surface area contributed by atoms with Crippen LogP contribution in [0, 0.1) is 0 Å². The van der Waals surface area contributed by atoms with Gasteiger partial charge in [-0.15, -0.1) is 0 Å². The normalized spacial score (nSPS) is 16.7. The Morgan fingerprint density at radius 1 is 1.07 bits per heavy atom. The predicted molar refractivity (Wildman–Crippen MR) is 172 cm³/mol. The minimum absolute atomic E-state index is 0.0283. The molecule has 0 amide bonds. The third-order valence-corrected chi connectivity index (χ3v) is 9.72. The van der Waals surface area contributed by atoms with Crippen LogP contribution < -0.4 is 30.9 Å². The zero-order valence-electron chi connectivity index (χ0n) is 24.6. The number of methoxy groups -OCH3 is 1. The molecule has 3 N–H and O–H groups in total. The number of Topliss-reactive ketones (excluding diaryl/α,β-unsaturated/α-hetero) is 1. The van der Waals surface area contributed by atoms with Crippen molar-refractivity contribution < 1.29 is 14.1 Å². The van der Waals surface area contributed by atoms with Gasteiger partial charge in [-0.25, -0.2) is 4.98 Å². The highest BCUT2D eigenvalue weighted by atomic mass is 35.5. The van der Waals surface area contributed by atoms with Crippen molar-refractivity contribution in [2.24, 2.45) is 0 Å². The van der Waals surface area contributed by atoms with Crippen molar-refractivity contribution in [3.05, 3.63) is 53.2 Å². The summed E-state index contributed by atoms with van der Waals surface area (Å²) in [6.07, 6.45) is 3.61. The van der Waals surface area contributed by atoms with Crippen molar-refractivity contribution in [3.8, 4) is 5.75 Å². The van der Waals surface area contributed by atoms with E-state index >= 15 is 0 Å². The summed E-state index contributed by atoms with van der Waals surface area (Å²) in [7, 11) is -0.944. The zero-order chi connectivity index (χ0) is 29.9. The molecule has 0 unspecified atom stereocenters. The Morgan fingerprint density at radius 3 is 2.45 bits per heavy atom. The maximum Gasteiger partial charge on any atom is 0.229 e. The maximum atomic E-state index is 12.8. The standard InChI is InChI=1S/C30H39ClN7O3P/c1-20(39)22-17-25(27(41-2)18-26(22)38-13-9-21(10-14-38)37-15-11-32-12-16-37)35-30-33-19-23(31)29(36-30)34-24-7-5-6-8-28(24)42(3,4)40/h5-8,17-19,21,32H,9-16H2,1-4H3,(H2,33,34,35,36). The molecule has 0 saturated carbocycles. The van der Waals surface area contributed by atoms with E-state index < -0.39 is 7.14 Å². The van der Waals surface area contributed by atoms with E-state index in [0.717, 1.165) is 57.8 Å². The number of benzene rings is 2. The first-order chi connectivity index (χ1) is 20.1. The quantitative estimate of drug-likeness (QED) is 0.227. The molecule has 0 atom stereocenters. The van der Waals surface area contributed by atoms with Crippen molar-refractivity contribution >= 4 is 58.7 Å². The molecule has 2 aromatic carbocycles. The van der Waals surface area contributed by atoms with Gasteiger partial charge >= 0.3 is 0 Å². The number of nitrogens with one attached hydrogen (secondary N) is 3. The number of piperazine rings is 1. The maximum absolute atomic E-state index is 12.8. The van der Waals surface area contributed by atoms with Gasteiger partial charge in [0.1, 0.15) is 17.9 Å². The van der Waals surface area contributed by atoms with Gasteiger partial charge in [-0.2, -0.15) is 4.98 Å². The Morgan fingerprint density at radius 2 is 1.79 bits per heavy atom. The van der Waals surface area contributed by atoms with Gasteiger partial charge in [0.25, 0.3) is 0 Å². The van der Waals surface area contributed by atoms with Crippen molar-refractivity contribution in [1.82, 2.24) is 20.2 Å². The van der Waals surface area contributed by atoms with Crippen molar-refractivity contribution in [3.63, 3.8) is 0 Å². The molecule has 2 saturated heterocycles. The molecule has 3 aromatic rings. The number of halogens is 1. The topological polar surface area (TPSA) is 112 Å². The number of rotatable bonds is 9. The SMILES string of the molecule is COc1cc(N2CCC(N3CCNCC3)CC2)c(C(C)=O)cc1Nc1ncc(Cl)c(Nc2ccccc2P(C)(C)=O)n1. The first kappa shape index (κ1) is 30.3. The van der Waals surface area contributed by atoms with Gasteiger partial charge < -0.3 is 30.2 Å². The number of hydrogen-bond donors (Lipinski definition) is 3. The van der Waals surface area contributed by atoms with Gasteiger partial charge in [-0.3, -0.25) is 9.69 Å². The second kappa shape index (κ2) is 13.0. The molecule has 224 valence electrons. The van der Waals surface area contributed by atoms with Gasteiger partial charge in [0, 0.05) is 62.2 Å². The monoisotopic (exact) mass is 611 g/mol. The molecule has 5 rings (SSSR count). The second-order valence-corrected chi connectivity index (χ2v) is 14.7. The summed E-state index contributed by atoms with van der Waals surface area (Å²) < 4.78 is 18.6. The number of anilines is 5. The summed E-state index contributed by atoms with van der Waals surface area (Å²) in [6, 6.07) is 11.7. The molecule has 0 bridgehead atoms. The molecule has 0 spiro atoms. The predicted octanol–water partition coefficient (Wildman–Crippen LogP) is 4.95. The van der Waals surface area contributed by atoms with Crippen LogP contribution >= 0.6 is 18.7 Å². The Hall–Kier alpha value is -3.17. The van der Waals surface area contributed by atoms with E-state index in [-0.39, 0.29) is 11.7 Å². The van der Waals surface area contributed by atoms with Gasteiger partial charge in [-0.05, 0) is 51.3 Å². The molecule has 42 heavy (non-hydrogen) atoms. The van der Waals surface area contributed by atoms with E-state index in [2.05, 4.69) is 35.7 Å². The average molecular weight is 612 g/mol. The van der Waals surface area contributed by atoms with Crippen LogP contribution in [-0.2, 0) is 4.57 Å². The fraction of sp³-hybridized carbons (Fsp3) is 0.433. The summed E-state index contributed by atoms with van der Waals surface area (Å²) >= 11 is 6.44. The molecule has 1 aromatic heterocycles. The Balaban J connectivity index is 1.38. The molecular formula is C30H39ClN7O3P. The number of ketones is 1. The third-order valence-electron chi connectivity index (χ3n) is 7.90. The van der Waals surface area contributed by atoms with E-state index in [1.54, 1.807) is 27.4 Å². The molecule has 10 nitrogen and oxygen atoms in total. The van der Waals surface area contributed by atoms with Crippen molar-refractivity contribution in [2.75, 3.05) is 75.2 Å². The molecule has 0 radical (unpaired) electrons. The van der Waals surface area contributed by atoms with E-state index in [1.807, 2.05) is 36.4 Å². The third kappa shape index (κ3) is 6.89. The number of ether oxygens (including phenoxy) is 1. The molecule has 3 heterocycles. The van der Waals surface area contributed by atoms with E-state index in [4.69, 9.17) is 16.3 Å². The zero-order valence-corrected chi connectivity index (χ0v) is 26.3. The lowest BCUT2D eigenvalue weighted by molar-refractivity contribution is 0.101. The van der Waals surface area contributed by atoms with Gasteiger partial charge in [0.15, 0.2) is 11.6 Å². The number of para-hydroxylation sites is 1. The highest BCUT2D eigenvalue weighted by molar-refractivity contribution is 7.70. The minimum atomic E-state index is -2.55. The van der Waals surface area contributed by atoms with Crippen LogP contribution in [0.25, 0.3) is 0 Å². The lowest BCUT2D eigenvalue weighted by atomic mass is 9.99. The Bertz CT molecular complexity index is 1480. The van der Waals surface area contributed by atoms with E-state index in [9.17, 15) is 9.36 Å². The summed E-state index contributed by atoms with van der Waals surface area (Å²) in [5.41, 5.74) is 2.73. The summed E-state index contributed by atoms with van der Waals surface area (Å²) in [6.45, 7) is 11.1. The molecule has 12 heteroatoms. The average Bonchev–Trinajstić information content (AvgIpc) is 2.99. The fourth-order valence-electron chi connectivity index (χ4n) is 5.71. The van der Waals surface area contributed by atoms with Crippen LogP contribution in [0.1, 0.15) is 30.1 Å². The largest absolute Gasteiger partial charge is 0.494 e. The summed E-state index contributed by atoms with van der Waals surface area (Å²) in [5, 5.41) is 10.9. The highest BCUT2D eigenvalue weighted by Gasteiger charge is 2.28. The smallest absolute Gasteiger partial charge is 0.229 e. The van der Waals surface area contributed by atoms with Crippen molar-refractivity contribution in [2.45, 2.75) is 25.8 Å². The fourth-order valence-corrected chi connectivity index (χ4v) is 7.00. The highest BCUT2D eigenvalue weighted by Crippen LogP contribution is 2.39. The molecule has 2 aliphatic rings. The van der Waals surface area contributed by atoms with Crippen LogP contribution in [0.4, 0.5) is 28.8 Å². The van der Waals surface area contributed by atoms with Gasteiger partial charge in [0.05, 0.1) is 30.4 Å². The van der Waals surface area contributed by atoms with Crippen LogP contribution in [0.5, 0.6) is 5.75 Å². The lowest BCUT2D eigenvalue weighted by Crippen LogP contribution is -2.52. The Kier molecular flexibility index (Phi) is 9.38. The lowest BCUT2D eigenvalue weighted by Gasteiger charge is -2.41. The number of piperidine rings is 1. The molecular weight excluding hydrogens is 573 g/mol. The summed E-state index contributed by atoms with van der Waals surface area (Å²) in [4.78, 5) is 26.7. The number of aromatic nitrogens is 2. The number of carbonyl (C=O) groups excluding carboxylic acids is 1. The van der Waals surface area contributed by atoms with E-state index in [0.29, 0.717) is 44.9 Å². The van der Waals surface area contributed by atoms with Crippen molar-refractivity contribution in [1.29, 1.82) is 0 Å². The van der Waals surface area contributed by atoms with Crippen LogP contribution in [0.2, 0.25) is 5.02 Å². The molecule has 0 aliphatic carbocycles. The van der Waals surface area contributed by atoms with E-state index in [1.165, 1.54) is 6.20 Å². The van der Waals surface area contributed by atoms with Crippen LogP contribution in [0.15, 0.2) is 42.6 Å². The van der Waals surface area contributed by atoms with Gasteiger partial charge in [0.2, 0.25) is 5.95 Å².